The molecule has 0 aliphatic carbocycles. The average molecular weight is 571 g/mol. The maximum Gasteiger partial charge on any atom is 0.135 e. The van der Waals surface area contributed by atoms with E-state index in [-0.39, 0.29) is 0 Å². The first-order chi connectivity index (χ1) is 22.3. The number of fused-ring (bicyclic) bond motifs is 7. The Morgan fingerprint density at radius 1 is 0.311 bits per heavy atom. The molecular weight excluding hydrogens is 544 g/mol. The number of benzene rings is 9. The Bertz CT molecular complexity index is 2670. The van der Waals surface area contributed by atoms with Crippen LogP contribution in [0.5, 0.6) is 11.5 Å². The van der Waals surface area contributed by atoms with E-state index in [2.05, 4.69) is 158 Å². The van der Waals surface area contributed by atoms with Crippen molar-refractivity contribution in [3.63, 3.8) is 0 Å². The molecule has 0 atom stereocenters. The monoisotopic (exact) mass is 570 g/mol. The molecule has 0 aromatic heterocycles. The highest BCUT2D eigenvalue weighted by atomic mass is 16.5. The fourth-order valence-corrected chi connectivity index (χ4v) is 7.64. The van der Waals surface area contributed by atoms with Gasteiger partial charge in [0.1, 0.15) is 11.5 Å². The summed E-state index contributed by atoms with van der Waals surface area (Å²) in [5.41, 5.74) is 7.34. The summed E-state index contributed by atoms with van der Waals surface area (Å²) < 4.78 is 6.45. The lowest BCUT2D eigenvalue weighted by Gasteiger charge is -2.22. The van der Waals surface area contributed by atoms with Gasteiger partial charge in [-0.2, -0.15) is 0 Å². The van der Waals surface area contributed by atoms with Gasteiger partial charge in [0.15, 0.2) is 0 Å². The molecule has 0 N–H and O–H groups in total. The maximum absolute atomic E-state index is 6.45. The highest BCUT2D eigenvalue weighted by Gasteiger charge is 2.22. The fraction of sp³-hybridized carbons (Fsp3) is 0. The molecule has 9 aromatic rings. The van der Waals surface area contributed by atoms with Crippen LogP contribution in [-0.2, 0) is 0 Å². The van der Waals surface area contributed by atoms with Crippen LogP contribution in [0.15, 0.2) is 158 Å². The standard InChI is InChI=1S/C44H26O/c1-3-15-32-27(10-1)12-7-19-35(32)44-33-16-4-2-11-29(33)24-31-26-38(34-17-5-6-18-36(34)43(31)44)30-22-23-40-39(25-30)37-20-8-13-28-14-9-21-41(45-40)42(28)37/h1-26H. The molecule has 1 aliphatic rings. The van der Waals surface area contributed by atoms with E-state index < -0.39 is 0 Å². The molecule has 0 fully saturated rings. The van der Waals surface area contributed by atoms with Crippen molar-refractivity contribution in [1.29, 1.82) is 0 Å². The van der Waals surface area contributed by atoms with E-state index in [1.54, 1.807) is 0 Å². The zero-order valence-corrected chi connectivity index (χ0v) is 24.4. The van der Waals surface area contributed by atoms with E-state index in [1.807, 2.05) is 0 Å². The van der Waals surface area contributed by atoms with Gasteiger partial charge in [-0.3, -0.25) is 0 Å². The van der Waals surface area contributed by atoms with E-state index >= 15 is 0 Å². The predicted octanol–water partition coefficient (Wildman–Crippen LogP) is 12.6. The van der Waals surface area contributed by atoms with Gasteiger partial charge in [-0.15, -0.1) is 0 Å². The molecule has 10 rings (SSSR count). The number of hydrogen-bond donors (Lipinski definition) is 0. The normalized spacial score (nSPS) is 12.2. The number of ether oxygens (including phenoxy) is 1. The van der Waals surface area contributed by atoms with Gasteiger partial charge in [0.05, 0.1) is 0 Å². The average Bonchev–Trinajstić information content (AvgIpc) is 3.10. The number of rotatable bonds is 2. The lowest BCUT2D eigenvalue weighted by molar-refractivity contribution is 0.487. The first-order valence-electron chi connectivity index (χ1n) is 15.5. The summed E-state index contributed by atoms with van der Waals surface area (Å²) in [6, 6.07) is 57.4. The van der Waals surface area contributed by atoms with Crippen LogP contribution in [0, 0.1) is 0 Å². The van der Waals surface area contributed by atoms with Gasteiger partial charge in [0, 0.05) is 10.9 Å². The molecule has 0 spiro atoms. The Morgan fingerprint density at radius 3 is 1.84 bits per heavy atom. The third-order valence-electron chi connectivity index (χ3n) is 9.59. The van der Waals surface area contributed by atoms with Crippen molar-refractivity contribution in [2.24, 2.45) is 0 Å². The zero-order chi connectivity index (χ0) is 29.5. The molecule has 0 saturated carbocycles. The quantitative estimate of drug-likeness (QED) is 0.148. The lowest BCUT2D eigenvalue weighted by atomic mass is 9.84. The molecule has 1 nitrogen and oxygen atoms in total. The highest BCUT2D eigenvalue weighted by Crippen LogP contribution is 2.49. The van der Waals surface area contributed by atoms with E-state index in [9.17, 15) is 0 Å². The van der Waals surface area contributed by atoms with Crippen LogP contribution in [0.1, 0.15) is 0 Å². The first-order valence-corrected chi connectivity index (χ1v) is 15.5. The largest absolute Gasteiger partial charge is 0.456 e. The summed E-state index contributed by atoms with van der Waals surface area (Å²) in [6.07, 6.45) is 0. The van der Waals surface area contributed by atoms with Gasteiger partial charge in [0.2, 0.25) is 0 Å². The van der Waals surface area contributed by atoms with Gasteiger partial charge < -0.3 is 4.74 Å². The molecule has 1 heteroatoms. The molecule has 0 unspecified atom stereocenters. The van der Waals surface area contributed by atoms with Crippen molar-refractivity contribution in [2.45, 2.75) is 0 Å². The zero-order valence-electron chi connectivity index (χ0n) is 24.4. The molecule has 0 bridgehead atoms. The smallest absolute Gasteiger partial charge is 0.135 e. The minimum absolute atomic E-state index is 0.902. The van der Waals surface area contributed by atoms with Crippen LogP contribution in [0.3, 0.4) is 0 Å². The van der Waals surface area contributed by atoms with Crippen LogP contribution < -0.4 is 4.74 Å². The second-order valence-electron chi connectivity index (χ2n) is 12.0. The Balaban J connectivity index is 1.30. The molecular formula is C44H26O. The topological polar surface area (TPSA) is 9.23 Å². The highest BCUT2D eigenvalue weighted by molar-refractivity contribution is 6.26. The van der Waals surface area contributed by atoms with Crippen molar-refractivity contribution in [3.8, 4) is 44.9 Å². The molecule has 45 heavy (non-hydrogen) atoms. The Kier molecular flexibility index (Phi) is 5.06. The van der Waals surface area contributed by atoms with Crippen molar-refractivity contribution >= 4 is 53.9 Å². The van der Waals surface area contributed by atoms with Gasteiger partial charge in [-0.25, -0.2) is 0 Å². The third kappa shape index (κ3) is 3.56. The van der Waals surface area contributed by atoms with Crippen LogP contribution in [0.4, 0.5) is 0 Å². The third-order valence-corrected chi connectivity index (χ3v) is 9.59. The van der Waals surface area contributed by atoms with Gasteiger partial charge in [0.25, 0.3) is 0 Å². The summed E-state index contributed by atoms with van der Waals surface area (Å²) in [7, 11) is 0. The number of hydrogen-bond acceptors (Lipinski definition) is 1. The van der Waals surface area contributed by atoms with Crippen LogP contribution in [0.2, 0.25) is 0 Å². The molecule has 9 aromatic carbocycles. The van der Waals surface area contributed by atoms with Crippen LogP contribution in [0.25, 0.3) is 87.2 Å². The SMILES string of the molecule is c1ccc2c(-c3c4ccccc4cc4cc(-c5ccc6c(c5)-c5cccc7cccc(c57)O6)c5ccccc5c34)cccc2c1. The Hall–Kier alpha value is -5.92. The minimum Gasteiger partial charge on any atom is -0.456 e. The lowest BCUT2D eigenvalue weighted by Crippen LogP contribution is -1.97. The van der Waals surface area contributed by atoms with Crippen molar-refractivity contribution < 1.29 is 4.74 Å². The summed E-state index contributed by atoms with van der Waals surface area (Å²) in [6.45, 7) is 0. The molecule has 1 aliphatic heterocycles. The van der Waals surface area contributed by atoms with Gasteiger partial charge in [-0.1, -0.05) is 127 Å². The van der Waals surface area contributed by atoms with Gasteiger partial charge >= 0.3 is 0 Å². The molecule has 0 radical (unpaired) electrons. The second kappa shape index (κ2) is 9.29. The molecule has 208 valence electrons. The summed E-state index contributed by atoms with van der Waals surface area (Å²) in [5, 5.41) is 12.5. The van der Waals surface area contributed by atoms with Crippen molar-refractivity contribution in [1.82, 2.24) is 0 Å². The minimum atomic E-state index is 0.902. The predicted molar refractivity (Wildman–Crippen MR) is 190 cm³/mol. The second-order valence-corrected chi connectivity index (χ2v) is 12.0. The van der Waals surface area contributed by atoms with Crippen molar-refractivity contribution in [3.05, 3.63) is 158 Å². The fourth-order valence-electron chi connectivity index (χ4n) is 7.64. The summed E-state index contributed by atoms with van der Waals surface area (Å²) in [4.78, 5) is 0. The molecule has 0 saturated heterocycles. The summed E-state index contributed by atoms with van der Waals surface area (Å²) >= 11 is 0. The van der Waals surface area contributed by atoms with E-state index in [4.69, 9.17) is 4.74 Å². The Labute approximate surface area is 260 Å². The van der Waals surface area contributed by atoms with Crippen LogP contribution in [-0.4, -0.2) is 0 Å². The van der Waals surface area contributed by atoms with E-state index in [0.717, 1.165) is 17.1 Å². The van der Waals surface area contributed by atoms with E-state index in [1.165, 1.54) is 81.7 Å². The summed E-state index contributed by atoms with van der Waals surface area (Å²) in [5.74, 6) is 1.83. The Morgan fingerprint density at radius 2 is 0.978 bits per heavy atom. The van der Waals surface area contributed by atoms with Crippen LogP contribution >= 0.6 is 0 Å². The maximum atomic E-state index is 6.45. The first kappa shape index (κ1) is 24.5. The van der Waals surface area contributed by atoms with E-state index in [0.29, 0.717) is 0 Å². The molecule has 1 heterocycles. The molecule has 0 amide bonds. The van der Waals surface area contributed by atoms with Gasteiger partial charge in [-0.05, 0) is 107 Å². The van der Waals surface area contributed by atoms with Crippen molar-refractivity contribution in [2.75, 3.05) is 0 Å².